The van der Waals surface area contributed by atoms with Crippen molar-refractivity contribution in [2.75, 3.05) is 20.3 Å². The highest BCUT2D eigenvalue weighted by molar-refractivity contribution is 5.81. The van der Waals surface area contributed by atoms with Crippen LogP contribution in [0, 0.1) is 0 Å². The normalized spacial score (nSPS) is 24.8. The molecule has 1 saturated heterocycles. The summed E-state index contributed by atoms with van der Waals surface area (Å²) >= 11 is 0. The van der Waals surface area contributed by atoms with Crippen LogP contribution in [0.1, 0.15) is 26.2 Å². The van der Waals surface area contributed by atoms with Gasteiger partial charge in [-0.1, -0.05) is 0 Å². The predicted octanol–water partition coefficient (Wildman–Crippen LogP) is 0.361. The lowest BCUT2D eigenvalue weighted by Gasteiger charge is -2.36. The summed E-state index contributed by atoms with van der Waals surface area (Å²) in [6.45, 7) is 3.19. The van der Waals surface area contributed by atoms with Gasteiger partial charge in [-0.3, -0.25) is 4.79 Å². The van der Waals surface area contributed by atoms with Gasteiger partial charge in [-0.05, 0) is 26.2 Å². The molecule has 14 heavy (non-hydrogen) atoms. The van der Waals surface area contributed by atoms with Gasteiger partial charge in [0, 0.05) is 13.7 Å². The molecule has 0 spiro atoms. The molecule has 0 bridgehead atoms. The van der Waals surface area contributed by atoms with E-state index in [1.165, 1.54) is 6.42 Å². The number of hydrogen-bond acceptors (Lipinski definition) is 3. The quantitative estimate of drug-likeness (QED) is 0.715. The van der Waals surface area contributed by atoms with Crippen molar-refractivity contribution < 1.29 is 9.53 Å². The first-order valence-electron chi connectivity index (χ1n) is 5.21. The monoisotopic (exact) mass is 200 g/mol. The number of rotatable bonds is 3. The lowest BCUT2D eigenvalue weighted by molar-refractivity contribution is -0.137. The molecule has 2 atom stereocenters. The van der Waals surface area contributed by atoms with Crippen molar-refractivity contribution in [2.24, 2.45) is 5.73 Å². The number of hydrogen-bond donors (Lipinski definition) is 1. The van der Waals surface area contributed by atoms with Crippen LogP contribution >= 0.6 is 0 Å². The van der Waals surface area contributed by atoms with Crippen molar-refractivity contribution in [3.8, 4) is 0 Å². The predicted molar refractivity (Wildman–Crippen MR) is 54.9 cm³/mol. The summed E-state index contributed by atoms with van der Waals surface area (Å²) in [6.07, 6.45) is 3.29. The lowest BCUT2D eigenvalue weighted by atomic mass is 10.0. The third-order valence-electron chi connectivity index (χ3n) is 2.66. The molecule has 1 aliphatic rings. The van der Waals surface area contributed by atoms with E-state index in [0.717, 1.165) is 19.4 Å². The van der Waals surface area contributed by atoms with E-state index in [4.69, 9.17) is 10.5 Å². The van der Waals surface area contributed by atoms with E-state index >= 15 is 0 Å². The second-order valence-electron chi connectivity index (χ2n) is 3.93. The Balaban J connectivity index is 2.57. The number of carbonyl (C=O) groups is 1. The van der Waals surface area contributed by atoms with Gasteiger partial charge >= 0.3 is 0 Å². The smallest absolute Gasteiger partial charge is 0.239 e. The molecular weight excluding hydrogens is 180 g/mol. The third kappa shape index (κ3) is 2.69. The standard InChI is InChI=1S/C10H20N2O2/c1-8(11)10(13)12-6-4-3-5-9(12)7-14-2/h8-9H,3-7,11H2,1-2H3/t8-,9+/m0/s1. The molecule has 0 aromatic heterocycles. The van der Waals surface area contributed by atoms with Crippen LogP contribution in [0.25, 0.3) is 0 Å². The average Bonchev–Trinajstić information content (AvgIpc) is 2.18. The number of ether oxygens (including phenoxy) is 1. The third-order valence-corrected chi connectivity index (χ3v) is 2.66. The molecule has 4 heteroatoms. The Morgan fingerprint density at radius 1 is 1.64 bits per heavy atom. The summed E-state index contributed by atoms with van der Waals surface area (Å²) in [5.41, 5.74) is 5.59. The number of methoxy groups -OCH3 is 1. The maximum Gasteiger partial charge on any atom is 0.239 e. The molecule has 1 amide bonds. The molecule has 1 rings (SSSR count). The zero-order valence-corrected chi connectivity index (χ0v) is 9.03. The Morgan fingerprint density at radius 2 is 2.36 bits per heavy atom. The van der Waals surface area contributed by atoms with Crippen molar-refractivity contribution in [3.05, 3.63) is 0 Å². The van der Waals surface area contributed by atoms with E-state index in [1.807, 2.05) is 4.90 Å². The van der Waals surface area contributed by atoms with Crippen LogP contribution in [0.15, 0.2) is 0 Å². The second-order valence-corrected chi connectivity index (χ2v) is 3.93. The molecule has 0 aromatic carbocycles. The van der Waals surface area contributed by atoms with Gasteiger partial charge in [-0.15, -0.1) is 0 Å². The van der Waals surface area contributed by atoms with Crippen LogP contribution < -0.4 is 5.73 Å². The average molecular weight is 200 g/mol. The molecule has 82 valence electrons. The molecule has 0 radical (unpaired) electrons. The Kier molecular flexibility index (Phi) is 4.35. The first-order chi connectivity index (χ1) is 6.66. The van der Waals surface area contributed by atoms with Crippen LogP contribution in [0.4, 0.5) is 0 Å². The van der Waals surface area contributed by atoms with Gasteiger partial charge in [0.15, 0.2) is 0 Å². The molecule has 0 aromatic rings. The van der Waals surface area contributed by atoms with Crippen molar-refractivity contribution >= 4 is 5.91 Å². The van der Waals surface area contributed by atoms with Crippen molar-refractivity contribution in [1.29, 1.82) is 0 Å². The highest BCUT2D eigenvalue weighted by Gasteiger charge is 2.27. The van der Waals surface area contributed by atoms with Crippen LogP contribution in [0.3, 0.4) is 0 Å². The van der Waals surface area contributed by atoms with Gasteiger partial charge in [-0.2, -0.15) is 0 Å². The van der Waals surface area contributed by atoms with Crippen molar-refractivity contribution in [3.63, 3.8) is 0 Å². The molecule has 0 unspecified atom stereocenters. The first kappa shape index (κ1) is 11.5. The molecule has 0 saturated carbocycles. The fourth-order valence-electron chi connectivity index (χ4n) is 1.92. The SMILES string of the molecule is COC[C@H]1CCCCN1C(=O)[C@H](C)N. The molecule has 1 fully saturated rings. The lowest BCUT2D eigenvalue weighted by Crippen LogP contribution is -2.51. The molecule has 1 aliphatic heterocycles. The van der Waals surface area contributed by atoms with Gasteiger partial charge in [-0.25, -0.2) is 0 Å². The minimum absolute atomic E-state index is 0.0479. The van der Waals surface area contributed by atoms with E-state index in [1.54, 1.807) is 14.0 Å². The van der Waals surface area contributed by atoms with Crippen LogP contribution in [0.5, 0.6) is 0 Å². The Hall–Kier alpha value is -0.610. The topological polar surface area (TPSA) is 55.6 Å². The summed E-state index contributed by atoms with van der Waals surface area (Å²) in [4.78, 5) is 13.6. The van der Waals surface area contributed by atoms with Crippen LogP contribution in [0.2, 0.25) is 0 Å². The van der Waals surface area contributed by atoms with Gasteiger partial charge < -0.3 is 15.4 Å². The highest BCUT2D eigenvalue weighted by atomic mass is 16.5. The fraction of sp³-hybridized carbons (Fsp3) is 0.900. The Morgan fingerprint density at radius 3 is 2.93 bits per heavy atom. The number of amides is 1. The van der Waals surface area contributed by atoms with Crippen molar-refractivity contribution in [2.45, 2.75) is 38.3 Å². The molecule has 4 nitrogen and oxygen atoms in total. The largest absolute Gasteiger partial charge is 0.383 e. The number of piperidine rings is 1. The zero-order valence-electron chi connectivity index (χ0n) is 9.03. The summed E-state index contributed by atoms with van der Waals surface area (Å²) in [5, 5.41) is 0. The molecule has 1 heterocycles. The molecular formula is C10H20N2O2. The van der Waals surface area contributed by atoms with Crippen LogP contribution in [-0.2, 0) is 9.53 Å². The van der Waals surface area contributed by atoms with Crippen molar-refractivity contribution in [1.82, 2.24) is 4.90 Å². The number of nitrogens with zero attached hydrogens (tertiary/aromatic N) is 1. The maximum atomic E-state index is 11.7. The minimum Gasteiger partial charge on any atom is -0.383 e. The van der Waals surface area contributed by atoms with E-state index < -0.39 is 6.04 Å². The van der Waals surface area contributed by atoms with Crippen LogP contribution in [-0.4, -0.2) is 43.2 Å². The summed E-state index contributed by atoms with van der Waals surface area (Å²) < 4.78 is 5.11. The number of nitrogens with two attached hydrogens (primary N) is 1. The van der Waals surface area contributed by atoms with Gasteiger partial charge in [0.25, 0.3) is 0 Å². The van der Waals surface area contributed by atoms with Gasteiger partial charge in [0.2, 0.25) is 5.91 Å². The molecule has 0 aliphatic carbocycles. The van der Waals surface area contributed by atoms with E-state index in [0.29, 0.717) is 6.61 Å². The Bertz CT molecular complexity index is 193. The number of carbonyl (C=O) groups excluding carboxylic acids is 1. The van der Waals surface area contributed by atoms with Gasteiger partial charge in [0.05, 0.1) is 18.7 Å². The van der Waals surface area contributed by atoms with E-state index in [2.05, 4.69) is 0 Å². The summed E-state index contributed by atoms with van der Waals surface area (Å²) in [5.74, 6) is 0.0479. The van der Waals surface area contributed by atoms with Gasteiger partial charge in [0.1, 0.15) is 0 Å². The fourth-order valence-corrected chi connectivity index (χ4v) is 1.92. The number of likely N-dealkylation sites (tertiary alicyclic amines) is 1. The zero-order chi connectivity index (χ0) is 10.6. The second kappa shape index (κ2) is 5.32. The van der Waals surface area contributed by atoms with E-state index in [9.17, 15) is 4.79 Å². The first-order valence-corrected chi connectivity index (χ1v) is 5.21. The minimum atomic E-state index is -0.396. The Labute approximate surface area is 85.4 Å². The van der Waals surface area contributed by atoms with E-state index in [-0.39, 0.29) is 11.9 Å². The summed E-state index contributed by atoms with van der Waals surface area (Å²) in [6, 6.07) is -0.167. The molecule has 2 N–H and O–H groups in total. The summed E-state index contributed by atoms with van der Waals surface area (Å²) in [7, 11) is 1.67. The maximum absolute atomic E-state index is 11.7. The highest BCUT2D eigenvalue weighted by Crippen LogP contribution is 2.17.